The third-order valence-electron chi connectivity index (χ3n) is 2.86. The molecule has 1 aromatic heterocycles. The van der Waals surface area contributed by atoms with Crippen molar-refractivity contribution < 1.29 is 9.53 Å². The number of ether oxygens (including phenoxy) is 1. The van der Waals surface area contributed by atoms with Crippen LogP contribution in [0.25, 0.3) is 0 Å². The Morgan fingerprint density at radius 2 is 2.22 bits per heavy atom. The lowest BCUT2D eigenvalue weighted by Crippen LogP contribution is -2.41. The molecule has 18 heavy (non-hydrogen) atoms. The van der Waals surface area contributed by atoms with Gasteiger partial charge in [0.1, 0.15) is 18.0 Å². The van der Waals surface area contributed by atoms with Crippen LogP contribution in [0.5, 0.6) is 0 Å². The topological polar surface area (TPSA) is 84.6 Å². The maximum atomic E-state index is 11.1. The standard InChI is InChI=1S/C11H17N5O2/c12-10-7-11(14-8-13-10)16(9-17)2-1-15-3-5-18-6-4-15/h7-9H,1-6H2,(H2,12,13,14). The molecule has 1 fully saturated rings. The minimum Gasteiger partial charge on any atom is -0.384 e. The van der Waals surface area contributed by atoms with Crippen molar-refractivity contribution in [3.05, 3.63) is 12.4 Å². The predicted molar refractivity (Wildman–Crippen MR) is 67.1 cm³/mol. The van der Waals surface area contributed by atoms with Crippen molar-refractivity contribution in [1.29, 1.82) is 0 Å². The van der Waals surface area contributed by atoms with Gasteiger partial charge in [0, 0.05) is 32.2 Å². The molecule has 1 saturated heterocycles. The molecule has 1 amide bonds. The lowest BCUT2D eigenvalue weighted by Gasteiger charge is -2.28. The molecule has 98 valence electrons. The Bertz CT molecular complexity index is 395. The van der Waals surface area contributed by atoms with E-state index in [1.165, 1.54) is 11.2 Å². The van der Waals surface area contributed by atoms with Gasteiger partial charge in [0.25, 0.3) is 0 Å². The monoisotopic (exact) mass is 251 g/mol. The maximum Gasteiger partial charge on any atom is 0.215 e. The van der Waals surface area contributed by atoms with Gasteiger partial charge in [-0.25, -0.2) is 9.97 Å². The van der Waals surface area contributed by atoms with E-state index in [0.29, 0.717) is 18.2 Å². The molecular weight excluding hydrogens is 234 g/mol. The molecular formula is C11H17N5O2. The molecule has 1 aliphatic heterocycles. The Hall–Kier alpha value is -1.73. The Labute approximate surface area is 106 Å². The van der Waals surface area contributed by atoms with Crippen LogP contribution < -0.4 is 10.6 Å². The van der Waals surface area contributed by atoms with Gasteiger partial charge in [-0.1, -0.05) is 0 Å². The summed E-state index contributed by atoms with van der Waals surface area (Å²) in [6, 6.07) is 1.59. The molecule has 7 heteroatoms. The molecule has 0 bridgehead atoms. The number of rotatable bonds is 5. The minimum absolute atomic E-state index is 0.359. The molecule has 0 unspecified atom stereocenters. The average molecular weight is 251 g/mol. The highest BCUT2D eigenvalue weighted by Crippen LogP contribution is 2.10. The second-order valence-electron chi connectivity index (χ2n) is 4.05. The van der Waals surface area contributed by atoms with Gasteiger partial charge in [-0.15, -0.1) is 0 Å². The Kier molecular flexibility index (Phi) is 4.43. The van der Waals surface area contributed by atoms with Crippen LogP contribution in [-0.4, -0.2) is 60.7 Å². The van der Waals surface area contributed by atoms with Gasteiger partial charge in [-0.05, 0) is 0 Å². The second kappa shape index (κ2) is 6.27. The molecule has 0 saturated carbocycles. The molecule has 2 rings (SSSR count). The summed E-state index contributed by atoms with van der Waals surface area (Å²) < 4.78 is 5.27. The Morgan fingerprint density at radius 3 is 2.89 bits per heavy atom. The lowest BCUT2D eigenvalue weighted by molar-refractivity contribution is -0.107. The first-order valence-electron chi connectivity index (χ1n) is 5.89. The molecule has 2 heterocycles. The molecule has 0 spiro atoms. The highest BCUT2D eigenvalue weighted by Gasteiger charge is 2.13. The van der Waals surface area contributed by atoms with Crippen LogP contribution in [0.4, 0.5) is 11.6 Å². The summed E-state index contributed by atoms with van der Waals surface area (Å²) >= 11 is 0. The molecule has 0 atom stereocenters. The Morgan fingerprint density at radius 1 is 1.44 bits per heavy atom. The zero-order chi connectivity index (χ0) is 12.8. The highest BCUT2D eigenvalue weighted by atomic mass is 16.5. The van der Waals surface area contributed by atoms with E-state index in [-0.39, 0.29) is 0 Å². The highest BCUT2D eigenvalue weighted by molar-refractivity contribution is 5.73. The van der Waals surface area contributed by atoms with Crippen LogP contribution in [0.15, 0.2) is 12.4 Å². The maximum absolute atomic E-state index is 11.1. The molecule has 0 aliphatic carbocycles. The summed E-state index contributed by atoms with van der Waals surface area (Å²) in [4.78, 5) is 22.7. The van der Waals surface area contributed by atoms with Crippen LogP contribution in [0.3, 0.4) is 0 Å². The zero-order valence-corrected chi connectivity index (χ0v) is 10.2. The molecule has 0 aromatic carbocycles. The van der Waals surface area contributed by atoms with Gasteiger partial charge in [0.05, 0.1) is 13.2 Å². The number of carbonyl (C=O) groups excluding carboxylic acids is 1. The first-order valence-corrected chi connectivity index (χ1v) is 5.89. The number of nitrogens with zero attached hydrogens (tertiary/aromatic N) is 4. The van der Waals surface area contributed by atoms with Crippen LogP contribution in [0.2, 0.25) is 0 Å². The number of nitrogens with two attached hydrogens (primary N) is 1. The number of hydrogen-bond acceptors (Lipinski definition) is 6. The Balaban J connectivity index is 1.90. The summed E-state index contributed by atoms with van der Waals surface area (Å²) in [5.74, 6) is 0.893. The zero-order valence-electron chi connectivity index (χ0n) is 10.2. The van der Waals surface area contributed by atoms with Crippen molar-refractivity contribution in [3.63, 3.8) is 0 Å². The summed E-state index contributed by atoms with van der Waals surface area (Å²) in [7, 11) is 0. The smallest absolute Gasteiger partial charge is 0.215 e. The predicted octanol–water partition coefficient (Wildman–Crippen LogP) is -0.646. The van der Waals surface area contributed by atoms with Crippen LogP contribution in [0, 0.1) is 0 Å². The van der Waals surface area contributed by atoms with Crippen molar-refractivity contribution in [2.75, 3.05) is 50.0 Å². The second-order valence-corrected chi connectivity index (χ2v) is 4.05. The van der Waals surface area contributed by atoms with E-state index in [1.807, 2.05) is 0 Å². The fourth-order valence-corrected chi connectivity index (χ4v) is 1.81. The number of hydrogen-bond donors (Lipinski definition) is 1. The average Bonchev–Trinajstić information content (AvgIpc) is 2.41. The summed E-state index contributed by atoms with van der Waals surface area (Å²) in [6.45, 7) is 4.69. The fraction of sp³-hybridized carbons (Fsp3) is 0.545. The number of morpholine rings is 1. The first-order chi connectivity index (χ1) is 8.79. The number of nitrogen functional groups attached to an aromatic ring is 1. The SMILES string of the molecule is Nc1cc(N(C=O)CCN2CCOCC2)ncn1. The lowest BCUT2D eigenvalue weighted by atomic mass is 10.4. The third-order valence-corrected chi connectivity index (χ3v) is 2.86. The molecule has 1 aromatic rings. The van der Waals surface area contributed by atoms with Gasteiger partial charge in [-0.3, -0.25) is 14.6 Å². The van der Waals surface area contributed by atoms with Crippen LogP contribution in [-0.2, 0) is 9.53 Å². The fourth-order valence-electron chi connectivity index (χ4n) is 1.81. The summed E-state index contributed by atoms with van der Waals surface area (Å²) in [6.07, 6.45) is 2.12. The normalized spacial score (nSPS) is 16.4. The summed E-state index contributed by atoms with van der Waals surface area (Å²) in [5.41, 5.74) is 5.57. The first kappa shape index (κ1) is 12.7. The quantitative estimate of drug-likeness (QED) is 0.700. The third kappa shape index (κ3) is 3.38. The van der Waals surface area contributed by atoms with Crippen LogP contribution in [0.1, 0.15) is 0 Å². The van der Waals surface area contributed by atoms with E-state index in [4.69, 9.17) is 10.5 Å². The number of aromatic nitrogens is 2. The molecule has 7 nitrogen and oxygen atoms in total. The molecule has 1 aliphatic rings. The van der Waals surface area contributed by atoms with Gasteiger partial charge in [0.2, 0.25) is 6.41 Å². The molecule has 0 radical (unpaired) electrons. The van der Waals surface area contributed by atoms with Crippen molar-refractivity contribution in [2.24, 2.45) is 0 Å². The van der Waals surface area contributed by atoms with Gasteiger partial charge in [-0.2, -0.15) is 0 Å². The minimum atomic E-state index is 0.359. The van der Waals surface area contributed by atoms with Crippen LogP contribution >= 0.6 is 0 Å². The largest absolute Gasteiger partial charge is 0.384 e. The van der Waals surface area contributed by atoms with E-state index in [0.717, 1.165) is 39.3 Å². The van der Waals surface area contributed by atoms with E-state index in [1.54, 1.807) is 6.07 Å². The van der Waals surface area contributed by atoms with Crippen molar-refractivity contribution in [3.8, 4) is 0 Å². The number of anilines is 2. The summed E-state index contributed by atoms with van der Waals surface area (Å²) in [5, 5.41) is 0. The van der Waals surface area contributed by atoms with Crippen molar-refractivity contribution in [2.45, 2.75) is 0 Å². The molecule has 2 N–H and O–H groups in total. The van der Waals surface area contributed by atoms with E-state index in [2.05, 4.69) is 14.9 Å². The van der Waals surface area contributed by atoms with Gasteiger partial charge in [0.15, 0.2) is 0 Å². The van der Waals surface area contributed by atoms with E-state index < -0.39 is 0 Å². The van der Waals surface area contributed by atoms with E-state index in [9.17, 15) is 4.79 Å². The van der Waals surface area contributed by atoms with E-state index >= 15 is 0 Å². The van der Waals surface area contributed by atoms with Crippen molar-refractivity contribution >= 4 is 18.0 Å². The van der Waals surface area contributed by atoms with Crippen molar-refractivity contribution in [1.82, 2.24) is 14.9 Å². The number of amides is 1. The van der Waals surface area contributed by atoms with Gasteiger partial charge < -0.3 is 10.5 Å². The number of carbonyl (C=O) groups is 1. The van der Waals surface area contributed by atoms with Gasteiger partial charge >= 0.3 is 0 Å².